The average molecular weight is 303 g/mol. The molecule has 1 heterocycles. The Bertz CT molecular complexity index is 637. The number of nitrogens with two attached hydrogens (primary N) is 1. The number of aryl methyl sites for hydroxylation is 1. The molecule has 3 N–H and O–H groups in total. The third-order valence-corrected chi connectivity index (χ3v) is 3.70. The van der Waals surface area contributed by atoms with Crippen LogP contribution >= 0.6 is 0 Å². The van der Waals surface area contributed by atoms with Gasteiger partial charge in [0, 0.05) is 6.20 Å². The number of hydrogen-bond donors (Lipinski definition) is 2. The second-order valence-corrected chi connectivity index (χ2v) is 5.23. The van der Waals surface area contributed by atoms with Gasteiger partial charge < -0.3 is 20.1 Å². The lowest BCUT2D eigenvalue weighted by atomic mass is 10.0. The van der Waals surface area contributed by atoms with Gasteiger partial charge in [-0.15, -0.1) is 0 Å². The Balaban J connectivity index is 2.13. The SMILES string of the molecule is COc1ccccc1CC[C@H]([C@H](C)O)n1cnc(C(N)=O)c1. The number of hydrogen-bond acceptors (Lipinski definition) is 4. The number of rotatable bonds is 7. The molecule has 118 valence electrons. The van der Waals surface area contributed by atoms with Crippen LogP contribution in [0.1, 0.15) is 35.4 Å². The van der Waals surface area contributed by atoms with E-state index < -0.39 is 12.0 Å². The van der Waals surface area contributed by atoms with Gasteiger partial charge in [0.05, 0.1) is 25.6 Å². The Morgan fingerprint density at radius 2 is 2.18 bits per heavy atom. The maximum absolute atomic E-state index is 11.1. The van der Waals surface area contributed by atoms with Crippen LogP contribution in [-0.2, 0) is 6.42 Å². The van der Waals surface area contributed by atoms with E-state index in [4.69, 9.17) is 10.5 Å². The van der Waals surface area contributed by atoms with E-state index in [1.807, 2.05) is 24.3 Å². The molecular formula is C16H21N3O3. The summed E-state index contributed by atoms with van der Waals surface area (Å²) < 4.78 is 7.07. The first-order chi connectivity index (χ1) is 10.5. The second kappa shape index (κ2) is 7.09. The molecule has 0 aliphatic carbocycles. The van der Waals surface area contributed by atoms with E-state index in [0.29, 0.717) is 6.42 Å². The molecular weight excluding hydrogens is 282 g/mol. The van der Waals surface area contributed by atoms with Crippen LogP contribution in [0.15, 0.2) is 36.8 Å². The van der Waals surface area contributed by atoms with Crippen molar-refractivity contribution in [3.63, 3.8) is 0 Å². The Hall–Kier alpha value is -2.34. The summed E-state index contributed by atoms with van der Waals surface area (Å²) in [5.41, 5.74) is 6.48. The fourth-order valence-electron chi connectivity index (χ4n) is 2.50. The minimum atomic E-state index is -0.579. The van der Waals surface area contributed by atoms with Crippen molar-refractivity contribution in [2.75, 3.05) is 7.11 Å². The Kier molecular flexibility index (Phi) is 5.16. The highest BCUT2D eigenvalue weighted by Gasteiger charge is 2.19. The number of primary amides is 1. The van der Waals surface area contributed by atoms with E-state index in [0.717, 1.165) is 17.7 Å². The Labute approximate surface area is 129 Å². The lowest BCUT2D eigenvalue weighted by Crippen LogP contribution is -2.21. The number of nitrogens with zero attached hydrogens (tertiary/aromatic N) is 2. The van der Waals surface area contributed by atoms with Crippen molar-refractivity contribution in [1.29, 1.82) is 0 Å². The van der Waals surface area contributed by atoms with Gasteiger partial charge in [-0.2, -0.15) is 0 Å². The number of imidazole rings is 1. The summed E-state index contributed by atoms with van der Waals surface area (Å²) in [6.07, 6.45) is 3.95. The van der Waals surface area contributed by atoms with Gasteiger partial charge in [-0.05, 0) is 31.4 Å². The number of aliphatic hydroxyl groups excluding tert-OH is 1. The van der Waals surface area contributed by atoms with Crippen molar-refractivity contribution in [3.8, 4) is 5.75 Å². The first kappa shape index (κ1) is 16.0. The van der Waals surface area contributed by atoms with Crippen LogP contribution in [0.2, 0.25) is 0 Å². The molecule has 1 amide bonds. The van der Waals surface area contributed by atoms with Crippen molar-refractivity contribution in [2.45, 2.75) is 31.9 Å². The van der Waals surface area contributed by atoms with Crippen LogP contribution in [-0.4, -0.2) is 33.8 Å². The molecule has 22 heavy (non-hydrogen) atoms. The number of para-hydroxylation sites is 1. The third-order valence-electron chi connectivity index (χ3n) is 3.70. The molecule has 0 unspecified atom stereocenters. The Morgan fingerprint density at radius 3 is 2.77 bits per heavy atom. The standard InChI is InChI=1S/C16H21N3O3/c1-11(20)14(19-9-13(16(17)21)18-10-19)8-7-12-5-3-4-6-15(12)22-2/h3-6,9-11,14,20H,7-8H2,1-2H3,(H2,17,21)/t11-,14+/m0/s1. The molecule has 1 aromatic heterocycles. The molecule has 1 aromatic carbocycles. The first-order valence-electron chi connectivity index (χ1n) is 7.16. The molecule has 0 aliphatic rings. The molecule has 0 aliphatic heterocycles. The highest BCUT2D eigenvalue weighted by atomic mass is 16.5. The summed E-state index contributed by atoms with van der Waals surface area (Å²) in [5, 5.41) is 10.0. The number of carbonyl (C=O) groups excluding carboxylic acids is 1. The number of aliphatic hydroxyl groups is 1. The van der Waals surface area contributed by atoms with Crippen LogP contribution < -0.4 is 10.5 Å². The number of carbonyl (C=O) groups is 1. The van der Waals surface area contributed by atoms with Gasteiger partial charge in [0.15, 0.2) is 0 Å². The average Bonchev–Trinajstić information content (AvgIpc) is 2.97. The third kappa shape index (κ3) is 3.65. The van der Waals surface area contributed by atoms with Crippen LogP contribution in [0, 0.1) is 0 Å². The number of benzene rings is 1. The van der Waals surface area contributed by atoms with Crippen molar-refractivity contribution < 1.29 is 14.6 Å². The van der Waals surface area contributed by atoms with E-state index >= 15 is 0 Å². The summed E-state index contributed by atoms with van der Waals surface area (Å²) in [5.74, 6) is 0.253. The highest BCUT2D eigenvalue weighted by molar-refractivity contribution is 5.90. The van der Waals surface area contributed by atoms with Crippen molar-refractivity contribution in [3.05, 3.63) is 48.0 Å². The molecule has 0 saturated heterocycles. The maximum atomic E-state index is 11.1. The van der Waals surface area contributed by atoms with E-state index in [2.05, 4.69) is 4.98 Å². The van der Waals surface area contributed by atoms with Gasteiger partial charge in [-0.1, -0.05) is 18.2 Å². The summed E-state index contributed by atoms with van der Waals surface area (Å²) >= 11 is 0. The molecule has 2 aromatic rings. The summed E-state index contributed by atoms with van der Waals surface area (Å²) in [7, 11) is 1.64. The molecule has 2 rings (SSSR count). The number of amides is 1. The quantitative estimate of drug-likeness (QED) is 0.812. The van der Waals surface area contributed by atoms with Gasteiger partial charge in [0.1, 0.15) is 11.4 Å². The highest BCUT2D eigenvalue weighted by Crippen LogP contribution is 2.24. The lowest BCUT2D eigenvalue weighted by molar-refractivity contribution is 0.0994. The number of aromatic nitrogens is 2. The van der Waals surface area contributed by atoms with Crippen molar-refractivity contribution >= 4 is 5.91 Å². The molecule has 0 bridgehead atoms. The smallest absolute Gasteiger partial charge is 0.268 e. The monoisotopic (exact) mass is 303 g/mol. The van der Waals surface area contributed by atoms with Gasteiger partial charge in [0.25, 0.3) is 5.91 Å². The minimum Gasteiger partial charge on any atom is -0.496 e. The molecule has 0 saturated carbocycles. The summed E-state index contributed by atoms with van der Waals surface area (Å²) in [6, 6.07) is 7.60. The van der Waals surface area contributed by atoms with Crippen molar-refractivity contribution in [2.24, 2.45) is 5.73 Å². The minimum absolute atomic E-state index is 0.189. The predicted molar refractivity (Wildman–Crippen MR) is 82.8 cm³/mol. The normalized spacial score (nSPS) is 13.6. The lowest BCUT2D eigenvalue weighted by Gasteiger charge is -2.21. The van der Waals surface area contributed by atoms with Crippen LogP contribution in [0.25, 0.3) is 0 Å². The molecule has 0 spiro atoms. The molecule has 6 nitrogen and oxygen atoms in total. The number of ether oxygens (including phenoxy) is 1. The molecule has 6 heteroatoms. The predicted octanol–water partition coefficient (Wildman–Crippen LogP) is 1.55. The summed E-state index contributed by atoms with van der Waals surface area (Å²) in [4.78, 5) is 15.1. The molecule has 0 radical (unpaired) electrons. The van der Waals surface area contributed by atoms with Gasteiger partial charge in [-0.3, -0.25) is 4.79 Å². The zero-order valence-electron chi connectivity index (χ0n) is 12.8. The Morgan fingerprint density at radius 1 is 1.45 bits per heavy atom. The van der Waals surface area contributed by atoms with Gasteiger partial charge in [-0.25, -0.2) is 4.98 Å². The van der Waals surface area contributed by atoms with Gasteiger partial charge >= 0.3 is 0 Å². The topological polar surface area (TPSA) is 90.4 Å². The van der Waals surface area contributed by atoms with Gasteiger partial charge in [0.2, 0.25) is 0 Å². The zero-order chi connectivity index (χ0) is 16.1. The molecule has 0 fully saturated rings. The van der Waals surface area contributed by atoms with E-state index in [1.54, 1.807) is 24.8 Å². The largest absolute Gasteiger partial charge is 0.496 e. The number of methoxy groups -OCH3 is 1. The molecule has 2 atom stereocenters. The van der Waals surface area contributed by atoms with E-state index in [1.165, 1.54) is 6.33 Å². The maximum Gasteiger partial charge on any atom is 0.268 e. The fourth-order valence-corrected chi connectivity index (χ4v) is 2.50. The van der Waals surface area contributed by atoms with E-state index in [-0.39, 0.29) is 11.7 Å². The second-order valence-electron chi connectivity index (χ2n) is 5.23. The summed E-state index contributed by atoms with van der Waals surface area (Å²) in [6.45, 7) is 1.72. The zero-order valence-corrected chi connectivity index (χ0v) is 12.8. The fraction of sp³-hybridized carbons (Fsp3) is 0.375. The van der Waals surface area contributed by atoms with Crippen molar-refractivity contribution in [1.82, 2.24) is 9.55 Å². The first-order valence-corrected chi connectivity index (χ1v) is 7.16. The van der Waals surface area contributed by atoms with Crippen LogP contribution in [0.3, 0.4) is 0 Å². The van der Waals surface area contributed by atoms with E-state index in [9.17, 15) is 9.90 Å². The van der Waals surface area contributed by atoms with Crippen LogP contribution in [0.5, 0.6) is 5.75 Å². The van der Waals surface area contributed by atoms with Crippen LogP contribution in [0.4, 0.5) is 0 Å².